The third-order valence-electron chi connectivity index (χ3n) is 6.47. The molecule has 6 nitrogen and oxygen atoms in total. The maximum atomic E-state index is 13.6. The number of benzene rings is 2. The Labute approximate surface area is 211 Å². The Morgan fingerprint density at radius 2 is 1.92 bits per heavy atom. The molecule has 0 bridgehead atoms. The second-order valence-corrected chi connectivity index (χ2v) is 10.0. The number of fused-ring (bicyclic) bond motifs is 3. The molecule has 1 atom stereocenters. The lowest BCUT2D eigenvalue weighted by Crippen LogP contribution is -2.19. The third-order valence-corrected chi connectivity index (χ3v) is 7.23. The first-order valence-corrected chi connectivity index (χ1v) is 12.8. The molecule has 0 amide bonds. The van der Waals surface area contributed by atoms with Gasteiger partial charge in [0.25, 0.3) is 5.56 Å². The number of hydrogen-bond donors (Lipinski definition) is 0. The van der Waals surface area contributed by atoms with Crippen molar-refractivity contribution in [2.24, 2.45) is 5.92 Å². The summed E-state index contributed by atoms with van der Waals surface area (Å²) < 4.78 is 7.24. The average molecular weight is 494 g/mol. The smallest absolute Gasteiger partial charge is 0.339 e. The van der Waals surface area contributed by atoms with Crippen molar-refractivity contribution in [2.45, 2.75) is 26.4 Å². The summed E-state index contributed by atoms with van der Waals surface area (Å²) in [5, 5.41) is 2.58. The minimum absolute atomic E-state index is 0.0733. The van der Waals surface area contributed by atoms with Gasteiger partial charge in [-0.05, 0) is 47.6 Å². The third kappa shape index (κ3) is 4.12. The molecule has 3 heterocycles. The van der Waals surface area contributed by atoms with Crippen molar-refractivity contribution in [1.82, 2.24) is 14.4 Å². The number of pyridine rings is 1. The molecule has 1 unspecified atom stereocenters. The highest BCUT2D eigenvalue weighted by molar-refractivity contribution is 7.15. The predicted molar refractivity (Wildman–Crippen MR) is 142 cm³/mol. The van der Waals surface area contributed by atoms with E-state index in [1.165, 1.54) is 21.8 Å². The Bertz CT molecular complexity index is 1700. The minimum Gasteiger partial charge on any atom is -0.456 e. The summed E-state index contributed by atoms with van der Waals surface area (Å²) in [7, 11) is 0. The van der Waals surface area contributed by atoms with Crippen molar-refractivity contribution in [3.63, 3.8) is 0 Å². The Hall–Kier alpha value is -4.10. The van der Waals surface area contributed by atoms with E-state index in [0.29, 0.717) is 22.1 Å². The molecule has 0 radical (unpaired) electrons. The number of hydrogen-bond acceptors (Lipinski definition) is 6. The maximum absolute atomic E-state index is 13.6. The van der Waals surface area contributed by atoms with E-state index >= 15 is 0 Å². The number of allylic oxidation sites excluding steroid dienone is 1. The van der Waals surface area contributed by atoms with Gasteiger partial charge in [0, 0.05) is 23.0 Å². The molecule has 2 aromatic carbocycles. The lowest BCUT2D eigenvalue weighted by molar-refractivity contribution is 0.0468. The van der Waals surface area contributed by atoms with Crippen molar-refractivity contribution in [2.75, 3.05) is 0 Å². The number of rotatable bonds is 4. The number of ether oxygens (including phenoxy) is 1. The van der Waals surface area contributed by atoms with Gasteiger partial charge in [0.05, 0.1) is 22.5 Å². The van der Waals surface area contributed by atoms with Crippen LogP contribution in [0.15, 0.2) is 77.0 Å². The highest BCUT2D eigenvalue weighted by Crippen LogP contribution is 2.38. The quantitative estimate of drug-likeness (QED) is 0.297. The summed E-state index contributed by atoms with van der Waals surface area (Å²) in [6.07, 6.45) is 5.47. The summed E-state index contributed by atoms with van der Waals surface area (Å²) in [5.74, 6) is -0.0730. The molecule has 0 aliphatic heterocycles. The molecule has 0 N–H and O–H groups in total. The van der Waals surface area contributed by atoms with Crippen molar-refractivity contribution < 1.29 is 9.53 Å². The van der Waals surface area contributed by atoms with E-state index in [-0.39, 0.29) is 12.2 Å². The molecule has 178 valence electrons. The van der Waals surface area contributed by atoms with Gasteiger partial charge in [0.1, 0.15) is 6.61 Å². The van der Waals surface area contributed by atoms with E-state index < -0.39 is 5.97 Å². The molecule has 0 spiro atoms. The Morgan fingerprint density at radius 3 is 2.78 bits per heavy atom. The highest BCUT2D eigenvalue weighted by atomic mass is 32.1. The molecule has 6 rings (SSSR count). The Kier molecular flexibility index (Phi) is 5.70. The molecular formula is C29H23N3O3S. The molecule has 0 saturated carbocycles. The van der Waals surface area contributed by atoms with Gasteiger partial charge in [-0.15, -0.1) is 11.3 Å². The molecule has 0 fully saturated rings. The summed E-state index contributed by atoms with van der Waals surface area (Å²) in [4.78, 5) is 36.0. The Balaban J connectivity index is 1.42. The molecule has 5 aromatic rings. The second-order valence-electron chi connectivity index (χ2n) is 9.14. The monoisotopic (exact) mass is 493 g/mol. The van der Waals surface area contributed by atoms with Crippen LogP contribution < -0.4 is 5.56 Å². The van der Waals surface area contributed by atoms with Crippen molar-refractivity contribution in [1.29, 1.82) is 0 Å². The van der Waals surface area contributed by atoms with Crippen molar-refractivity contribution >= 4 is 44.8 Å². The molecule has 36 heavy (non-hydrogen) atoms. The van der Waals surface area contributed by atoms with Crippen LogP contribution in [0.1, 0.15) is 46.2 Å². The number of aromatic nitrogens is 3. The van der Waals surface area contributed by atoms with Crippen LogP contribution in [-0.2, 0) is 17.8 Å². The van der Waals surface area contributed by atoms with E-state index in [2.05, 4.69) is 30.1 Å². The van der Waals surface area contributed by atoms with Gasteiger partial charge in [-0.3, -0.25) is 9.20 Å². The van der Waals surface area contributed by atoms with E-state index in [1.54, 1.807) is 11.6 Å². The second kappa shape index (κ2) is 9.17. The van der Waals surface area contributed by atoms with Crippen LogP contribution in [0.3, 0.4) is 0 Å². The molecule has 0 saturated heterocycles. The van der Waals surface area contributed by atoms with Gasteiger partial charge in [-0.1, -0.05) is 55.5 Å². The number of esters is 1. The molecule has 7 heteroatoms. The zero-order chi connectivity index (χ0) is 24.6. The fourth-order valence-electron chi connectivity index (χ4n) is 4.89. The molecule has 3 aromatic heterocycles. The fourth-order valence-corrected chi connectivity index (χ4v) is 5.63. The van der Waals surface area contributed by atoms with Gasteiger partial charge in [0.2, 0.25) is 0 Å². The SMILES string of the molecule is CC1C/C(=C\c2ccccc2)c2nc3ccccc3c(C(=O)OCc3cc(=O)n4ccsc4n3)c2C1. The normalized spacial score (nSPS) is 16.4. The molecule has 1 aliphatic rings. The van der Waals surface area contributed by atoms with Crippen LogP contribution in [0, 0.1) is 5.92 Å². The lowest BCUT2D eigenvalue weighted by Gasteiger charge is -2.26. The first-order valence-electron chi connectivity index (χ1n) is 11.9. The largest absolute Gasteiger partial charge is 0.456 e. The van der Waals surface area contributed by atoms with Crippen LogP contribution in [-0.4, -0.2) is 20.3 Å². The summed E-state index contributed by atoms with van der Waals surface area (Å²) >= 11 is 1.36. The van der Waals surface area contributed by atoms with Crippen LogP contribution >= 0.6 is 11.3 Å². The van der Waals surface area contributed by atoms with Gasteiger partial charge in [-0.2, -0.15) is 0 Å². The predicted octanol–water partition coefficient (Wildman–Crippen LogP) is 5.78. The van der Waals surface area contributed by atoms with Crippen LogP contribution in [0.25, 0.3) is 27.5 Å². The summed E-state index contributed by atoms with van der Waals surface area (Å²) in [6, 6.07) is 19.3. The summed E-state index contributed by atoms with van der Waals surface area (Å²) in [6.45, 7) is 2.12. The van der Waals surface area contributed by atoms with Gasteiger partial charge < -0.3 is 4.74 Å². The number of nitrogens with zero attached hydrogens (tertiary/aromatic N) is 3. The van der Waals surface area contributed by atoms with E-state index in [9.17, 15) is 9.59 Å². The number of carbonyl (C=O) groups is 1. The Morgan fingerprint density at radius 1 is 1.11 bits per heavy atom. The lowest BCUT2D eigenvalue weighted by atomic mass is 9.80. The van der Waals surface area contributed by atoms with Crippen LogP contribution in [0.5, 0.6) is 0 Å². The summed E-state index contributed by atoms with van der Waals surface area (Å²) in [5.41, 5.74) is 5.55. The van der Waals surface area contributed by atoms with E-state index in [4.69, 9.17) is 9.72 Å². The minimum atomic E-state index is -0.425. The van der Waals surface area contributed by atoms with Crippen molar-refractivity contribution in [3.05, 3.63) is 111 Å². The van der Waals surface area contributed by atoms with Crippen molar-refractivity contribution in [3.8, 4) is 0 Å². The number of para-hydroxylation sites is 1. The van der Waals surface area contributed by atoms with Gasteiger partial charge >= 0.3 is 5.97 Å². The molecular weight excluding hydrogens is 470 g/mol. The first kappa shape index (κ1) is 22.4. The number of thiazole rings is 1. The van der Waals surface area contributed by atoms with E-state index in [1.807, 2.05) is 42.5 Å². The zero-order valence-corrected chi connectivity index (χ0v) is 20.5. The van der Waals surface area contributed by atoms with E-state index in [0.717, 1.165) is 46.1 Å². The number of carbonyl (C=O) groups excluding carboxylic acids is 1. The standard InChI is InChI=1S/C29H23N3O3S/c1-18-13-20(15-19-7-3-2-4-8-19)27-23(14-18)26(22-9-5-6-10-24(22)31-27)28(34)35-17-21-16-25(33)32-11-12-36-29(32)30-21/h2-12,15-16,18H,13-14,17H2,1H3/b20-15+. The van der Waals surface area contributed by atoms with Crippen LogP contribution in [0.4, 0.5) is 0 Å². The first-order chi connectivity index (χ1) is 17.6. The van der Waals surface area contributed by atoms with Crippen LogP contribution in [0.2, 0.25) is 0 Å². The maximum Gasteiger partial charge on any atom is 0.339 e. The fraction of sp³-hybridized carbons (Fsp3) is 0.172. The average Bonchev–Trinajstić information content (AvgIpc) is 3.36. The zero-order valence-electron chi connectivity index (χ0n) is 19.7. The highest BCUT2D eigenvalue weighted by Gasteiger charge is 2.29. The van der Waals surface area contributed by atoms with Gasteiger partial charge in [0.15, 0.2) is 4.96 Å². The van der Waals surface area contributed by atoms with Gasteiger partial charge in [-0.25, -0.2) is 14.8 Å². The molecule has 1 aliphatic carbocycles. The topological polar surface area (TPSA) is 73.6 Å².